The molecule has 0 unspecified atom stereocenters. The van der Waals surface area contributed by atoms with Gasteiger partial charge in [-0.1, -0.05) is 18.2 Å². The molecule has 0 aliphatic heterocycles. The van der Waals surface area contributed by atoms with Gasteiger partial charge in [0.2, 0.25) is 0 Å². The minimum absolute atomic E-state index is 0.0604. The molecule has 5 nitrogen and oxygen atoms in total. The molecule has 0 saturated carbocycles. The number of hydrogen-bond donors (Lipinski definition) is 2. The topological polar surface area (TPSA) is 62.7 Å². The molecule has 4 rings (SSSR count). The summed E-state index contributed by atoms with van der Waals surface area (Å²) in [6, 6.07) is 17.8. The van der Waals surface area contributed by atoms with Crippen LogP contribution in [0.3, 0.4) is 0 Å². The SMILES string of the molecule is Cc1cc(C)n(-c2ccc(C(=O)NCCc3c[nH]c4ccccc34)cc2)n1. The lowest BCUT2D eigenvalue weighted by atomic mass is 10.1. The normalized spacial score (nSPS) is 11.0. The van der Waals surface area contributed by atoms with E-state index in [1.807, 2.05) is 67.2 Å². The van der Waals surface area contributed by atoms with Crippen molar-refractivity contribution in [2.45, 2.75) is 20.3 Å². The van der Waals surface area contributed by atoms with Gasteiger partial charge in [0.05, 0.1) is 11.4 Å². The molecule has 0 aliphatic carbocycles. The molecule has 0 radical (unpaired) electrons. The van der Waals surface area contributed by atoms with Crippen molar-refractivity contribution in [3.63, 3.8) is 0 Å². The van der Waals surface area contributed by atoms with E-state index in [0.717, 1.165) is 29.0 Å². The second kappa shape index (κ2) is 7.11. The molecular formula is C22H22N4O. The van der Waals surface area contributed by atoms with Gasteiger partial charge in [0, 0.05) is 34.9 Å². The third-order valence-corrected chi connectivity index (χ3v) is 4.74. The summed E-state index contributed by atoms with van der Waals surface area (Å²) in [5.74, 6) is -0.0604. The van der Waals surface area contributed by atoms with Gasteiger partial charge >= 0.3 is 0 Å². The first kappa shape index (κ1) is 17.1. The van der Waals surface area contributed by atoms with Crippen molar-refractivity contribution < 1.29 is 4.79 Å². The molecule has 0 spiro atoms. The predicted octanol–water partition coefficient (Wildman–Crippen LogP) is 3.94. The molecule has 27 heavy (non-hydrogen) atoms. The maximum atomic E-state index is 12.4. The molecule has 2 heterocycles. The van der Waals surface area contributed by atoms with Crippen LogP contribution < -0.4 is 5.32 Å². The van der Waals surface area contributed by atoms with Crippen LogP contribution in [0.4, 0.5) is 0 Å². The van der Waals surface area contributed by atoms with E-state index in [-0.39, 0.29) is 5.91 Å². The van der Waals surface area contributed by atoms with Crippen LogP contribution in [0.1, 0.15) is 27.3 Å². The highest BCUT2D eigenvalue weighted by atomic mass is 16.1. The lowest BCUT2D eigenvalue weighted by Crippen LogP contribution is -2.25. The van der Waals surface area contributed by atoms with Crippen LogP contribution in [-0.2, 0) is 6.42 Å². The Labute approximate surface area is 158 Å². The van der Waals surface area contributed by atoms with Crippen LogP contribution in [0.15, 0.2) is 60.8 Å². The third kappa shape index (κ3) is 3.49. The summed E-state index contributed by atoms with van der Waals surface area (Å²) in [4.78, 5) is 15.7. The Kier molecular flexibility index (Phi) is 4.50. The van der Waals surface area contributed by atoms with E-state index in [2.05, 4.69) is 27.5 Å². The molecule has 0 aliphatic rings. The lowest BCUT2D eigenvalue weighted by molar-refractivity contribution is 0.0954. The summed E-state index contributed by atoms with van der Waals surface area (Å²) in [7, 11) is 0. The Morgan fingerprint density at radius 3 is 2.63 bits per heavy atom. The number of para-hydroxylation sites is 1. The first-order chi connectivity index (χ1) is 13.1. The Morgan fingerprint density at radius 2 is 1.89 bits per heavy atom. The van der Waals surface area contributed by atoms with Crippen molar-refractivity contribution in [1.82, 2.24) is 20.1 Å². The molecule has 2 aromatic heterocycles. The summed E-state index contributed by atoms with van der Waals surface area (Å²) in [6.45, 7) is 4.59. The summed E-state index contributed by atoms with van der Waals surface area (Å²) in [5, 5.41) is 8.68. The van der Waals surface area contributed by atoms with Crippen LogP contribution >= 0.6 is 0 Å². The van der Waals surface area contributed by atoms with Crippen molar-refractivity contribution in [3.05, 3.63) is 83.3 Å². The molecular weight excluding hydrogens is 336 g/mol. The van der Waals surface area contributed by atoms with E-state index in [9.17, 15) is 4.79 Å². The van der Waals surface area contributed by atoms with Gasteiger partial charge in [-0.2, -0.15) is 5.10 Å². The minimum Gasteiger partial charge on any atom is -0.361 e. The number of aromatic nitrogens is 3. The minimum atomic E-state index is -0.0604. The van der Waals surface area contributed by atoms with Gasteiger partial charge in [0.1, 0.15) is 0 Å². The maximum absolute atomic E-state index is 12.4. The van der Waals surface area contributed by atoms with Crippen LogP contribution in [0.5, 0.6) is 0 Å². The number of carbonyl (C=O) groups is 1. The number of rotatable bonds is 5. The molecule has 5 heteroatoms. The highest BCUT2D eigenvalue weighted by Crippen LogP contribution is 2.18. The molecule has 136 valence electrons. The third-order valence-electron chi connectivity index (χ3n) is 4.74. The Balaban J connectivity index is 1.39. The average molecular weight is 358 g/mol. The second-order valence-corrected chi connectivity index (χ2v) is 6.75. The molecule has 4 aromatic rings. The summed E-state index contributed by atoms with van der Waals surface area (Å²) >= 11 is 0. The zero-order chi connectivity index (χ0) is 18.8. The molecule has 2 N–H and O–H groups in total. The standard InChI is InChI=1S/C22H22N4O/c1-15-13-16(2)26(25-15)19-9-7-17(8-10-19)22(27)23-12-11-18-14-24-21-6-4-3-5-20(18)21/h3-10,13-14,24H,11-12H2,1-2H3,(H,23,27). The smallest absolute Gasteiger partial charge is 0.251 e. The molecule has 1 amide bonds. The monoisotopic (exact) mass is 358 g/mol. The fourth-order valence-electron chi connectivity index (χ4n) is 3.40. The van der Waals surface area contributed by atoms with Gasteiger partial charge in [-0.3, -0.25) is 4.79 Å². The van der Waals surface area contributed by atoms with Crippen molar-refractivity contribution in [2.24, 2.45) is 0 Å². The van der Waals surface area contributed by atoms with Gasteiger partial charge in [0.25, 0.3) is 5.91 Å². The van der Waals surface area contributed by atoms with Crippen LogP contribution in [-0.4, -0.2) is 27.2 Å². The molecule has 0 saturated heterocycles. The second-order valence-electron chi connectivity index (χ2n) is 6.75. The zero-order valence-corrected chi connectivity index (χ0v) is 15.5. The van der Waals surface area contributed by atoms with Crippen molar-refractivity contribution in [3.8, 4) is 5.69 Å². The lowest BCUT2D eigenvalue weighted by Gasteiger charge is -2.07. The van der Waals surface area contributed by atoms with Crippen LogP contribution in [0.2, 0.25) is 0 Å². The van der Waals surface area contributed by atoms with Gasteiger partial charge in [-0.25, -0.2) is 4.68 Å². The van der Waals surface area contributed by atoms with Crippen LogP contribution in [0, 0.1) is 13.8 Å². The van der Waals surface area contributed by atoms with Gasteiger partial charge < -0.3 is 10.3 Å². The van der Waals surface area contributed by atoms with Crippen LogP contribution in [0.25, 0.3) is 16.6 Å². The highest BCUT2D eigenvalue weighted by molar-refractivity contribution is 5.94. The number of nitrogens with one attached hydrogen (secondary N) is 2. The van der Waals surface area contributed by atoms with Crippen molar-refractivity contribution in [1.29, 1.82) is 0 Å². The number of amides is 1. The summed E-state index contributed by atoms with van der Waals surface area (Å²) in [6.07, 6.45) is 2.81. The van der Waals surface area contributed by atoms with Gasteiger partial charge in [0.15, 0.2) is 0 Å². The van der Waals surface area contributed by atoms with Gasteiger partial charge in [-0.15, -0.1) is 0 Å². The van der Waals surface area contributed by atoms with E-state index in [4.69, 9.17) is 0 Å². The number of benzene rings is 2. The van der Waals surface area contributed by atoms with E-state index in [1.54, 1.807) is 0 Å². The molecule has 0 atom stereocenters. The fraction of sp³-hybridized carbons (Fsp3) is 0.182. The van der Waals surface area contributed by atoms with E-state index in [1.165, 1.54) is 10.9 Å². The van der Waals surface area contributed by atoms with E-state index >= 15 is 0 Å². The maximum Gasteiger partial charge on any atom is 0.251 e. The molecule has 2 aromatic carbocycles. The highest BCUT2D eigenvalue weighted by Gasteiger charge is 2.08. The van der Waals surface area contributed by atoms with Crippen molar-refractivity contribution in [2.75, 3.05) is 6.54 Å². The fourth-order valence-corrected chi connectivity index (χ4v) is 3.40. The zero-order valence-electron chi connectivity index (χ0n) is 15.5. The Bertz CT molecular complexity index is 1090. The number of aryl methyl sites for hydroxylation is 2. The Morgan fingerprint density at radius 1 is 1.11 bits per heavy atom. The number of fused-ring (bicyclic) bond motifs is 1. The van der Waals surface area contributed by atoms with E-state index in [0.29, 0.717) is 12.1 Å². The summed E-state index contributed by atoms with van der Waals surface area (Å²) < 4.78 is 1.88. The van der Waals surface area contributed by atoms with Gasteiger partial charge in [-0.05, 0) is 62.2 Å². The van der Waals surface area contributed by atoms with E-state index < -0.39 is 0 Å². The number of aromatic amines is 1. The average Bonchev–Trinajstić information content (AvgIpc) is 3.24. The molecule has 0 fully saturated rings. The van der Waals surface area contributed by atoms with Crippen molar-refractivity contribution >= 4 is 16.8 Å². The number of H-pyrrole nitrogens is 1. The largest absolute Gasteiger partial charge is 0.361 e. The molecule has 0 bridgehead atoms. The number of carbonyl (C=O) groups excluding carboxylic acids is 1. The summed E-state index contributed by atoms with van der Waals surface area (Å²) in [5.41, 5.74) is 5.99. The first-order valence-electron chi connectivity index (χ1n) is 9.09. The first-order valence-corrected chi connectivity index (χ1v) is 9.09. The quantitative estimate of drug-likeness (QED) is 0.567. The number of nitrogens with zero attached hydrogens (tertiary/aromatic N) is 2. The predicted molar refractivity (Wildman–Crippen MR) is 107 cm³/mol. The Hall–Kier alpha value is -3.34. The number of hydrogen-bond acceptors (Lipinski definition) is 2.